The first-order chi connectivity index (χ1) is 17.6. The maximum absolute atomic E-state index is 3.57. The molecule has 3 heteroatoms. The molecule has 0 amide bonds. The molecule has 0 bridgehead atoms. The van der Waals surface area contributed by atoms with E-state index in [0.717, 1.165) is 45.6 Å². The molecule has 0 saturated heterocycles. The van der Waals surface area contributed by atoms with Crippen molar-refractivity contribution in [1.82, 2.24) is 0 Å². The van der Waals surface area contributed by atoms with Gasteiger partial charge in [-0.2, -0.15) is 0 Å². The number of rotatable bonds is 9. The first kappa shape index (κ1) is 26.0. The van der Waals surface area contributed by atoms with Crippen LogP contribution in [0.2, 0.25) is 0 Å². The van der Waals surface area contributed by atoms with Crippen LogP contribution in [0.3, 0.4) is 0 Å². The zero-order valence-electron chi connectivity index (χ0n) is 23.0. The van der Waals surface area contributed by atoms with E-state index in [1.54, 1.807) is 11.3 Å². The van der Waals surface area contributed by atoms with E-state index in [9.17, 15) is 0 Å². The summed E-state index contributed by atoms with van der Waals surface area (Å²) >= 11 is 0. The van der Waals surface area contributed by atoms with Crippen LogP contribution < -0.4 is 10.2 Å². The van der Waals surface area contributed by atoms with Crippen LogP contribution in [0.4, 0.5) is 11.4 Å². The summed E-state index contributed by atoms with van der Waals surface area (Å²) in [5, 5.41) is 6.21. The molecule has 0 heterocycles. The molecule has 0 atom stereocenters. The molecule has 190 valence electrons. The third-order valence-corrected chi connectivity index (χ3v) is 7.84. The minimum atomic E-state index is 0.925. The predicted molar refractivity (Wildman–Crippen MR) is 159 cm³/mol. The Kier molecular flexibility index (Phi) is 8.85. The summed E-state index contributed by atoms with van der Waals surface area (Å²) < 4.78 is 2.57. The Morgan fingerprint density at radius 1 is 0.750 bits per heavy atom. The lowest BCUT2D eigenvalue weighted by Crippen LogP contribution is -2.24. The van der Waals surface area contributed by atoms with Crippen molar-refractivity contribution in [3.63, 3.8) is 0 Å². The van der Waals surface area contributed by atoms with E-state index in [4.69, 9.17) is 0 Å². The van der Waals surface area contributed by atoms with Crippen LogP contribution in [0.5, 0.6) is 0 Å². The normalized spacial score (nSPS) is 13.7. The quantitative estimate of drug-likeness (QED) is 0.312. The molecular weight excluding hydrogens is 438 g/mol. The highest BCUT2D eigenvalue weighted by Gasteiger charge is 2.23. The fraction of sp³-hybridized carbons (Fsp3) is 0.424. The monoisotopic (exact) mass is 482 g/mol. The molecule has 0 spiro atoms. The summed E-state index contributed by atoms with van der Waals surface area (Å²) in [6.07, 6.45) is 4.63. The van der Waals surface area contributed by atoms with Crippen molar-refractivity contribution in [2.75, 3.05) is 42.9 Å². The van der Waals surface area contributed by atoms with Crippen molar-refractivity contribution in [2.45, 2.75) is 60.3 Å². The van der Waals surface area contributed by atoms with Crippen molar-refractivity contribution in [2.24, 2.45) is 0 Å². The van der Waals surface area contributed by atoms with E-state index in [1.807, 2.05) is 0 Å². The van der Waals surface area contributed by atoms with Crippen LogP contribution in [-0.4, -0.2) is 43.0 Å². The van der Waals surface area contributed by atoms with Gasteiger partial charge in [0.15, 0.2) is 5.71 Å². The number of allylic oxidation sites excluding steroid dienone is 1. The highest BCUT2D eigenvalue weighted by atomic mass is 15.1. The Labute approximate surface area is 218 Å². The molecule has 0 aliphatic heterocycles. The Morgan fingerprint density at radius 3 is 1.97 bits per heavy atom. The van der Waals surface area contributed by atoms with Gasteiger partial charge in [-0.15, -0.1) is 0 Å². The van der Waals surface area contributed by atoms with Crippen molar-refractivity contribution in [3.05, 3.63) is 77.4 Å². The number of fused-ring (bicyclic) bond motifs is 1. The van der Waals surface area contributed by atoms with Gasteiger partial charge in [-0.3, -0.25) is 0 Å². The maximum atomic E-state index is 3.57. The number of nitrogens with zero attached hydrogens (tertiary/aromatic N) is 2. The van der Waals surface area contributed by atoms with Gasteiger partial charge in [-0.1, -0.05) is 48.0 Å². The fourth-order valence-electron chi connectivity index (χ4n) is 5.92. The average Bonchev–Trinajstić information content (AvgIpc) is 2.93. The average molecular weight is 483 g/mol. The van der Waals surface area contributed by atoms with Crippen LogP contribution in [0, 0.1) is 0 Å². The third-order valence-electron chi connectivity index (χ3n) is 7.84. The number of hydrogen-bond donors (Lipinski definition) is 1. The van der Waals surface area contributed by atoms with E-state index >= 15 is 0 Å². The molecule has 1 N–H and O–H groups in total. The predicted octanol–water partition coefficient (Wildman–Crippen LogP) is 7.99. The lowest BCUT2D eigenvalue weighted by atomic mass is 9.82. The molecule has 1 aliphatic carbocycles. The lowest BCUT2D eigenvalue weighted by Gasteiger charge is -2.24. The second-order valence-corrected chi connectivity index (χ2v) is 9.67. The molecule has 3 aromatic carbocycles. The van der Waals surface area contributed by atoms with Gasteiger partial charge >= 0.3 is 0 Å². The molecule has 0 aromatic heterocycles. The van der Waals surface area contributed by atoms with Gasteiger partial charge in [0.25, 0.3) is 0 Å². The van der Waals surface area contributed by atoms with Gasteiger partial charge in [0, 0.05) is 49.2 Å². The number of benzene rings is 3. The Bertz CT molecular complexity index is 1210. The Morgan fingerprint density at radius 2 is 1.39 bits per heavy atom. The van der Waals surface area contributed by atoms with E-state index in [0.29, 0.717) is 0 Å². The van der Waals surface area contributed by atoms with Crippen LogP contribution in [0.25, 0.3) is 16.3 Å². The topological polar surface area (TPSA) is 18.3 Å². The van der Waals surface area contributed by atoms with Crippen molar-refractivity contribution < 1.29 is 4.58 Å². The van der Waals surface area contributed by atoms with Gasteiger partial charge in [-0.25, -0.2) is 4.58 Å². The van der Waals surface area contributed by atoms with E-state index in [1.165, 1.54) is 51.7 Å². The van der Waals surface area contributed by atoms with E-state index in [-0.39, 0.29) is 0 Å². The highest BCUT2D eigenvalue weighted by Crippen LogP contribution is 2.39. The second-order valence-electron chi connectivity index (χ2n) is 9.67. The standard InChI is InChI=1S/C33H44N3/c1-6-34-32-24-23-31(29-13-11-12-14-30(29)32)33(25-15-19-27(20-16-25)35(7-2)8-3)26-17-21-28(22-18-26)36(9-4)10-5/h11-16,19-20,23-24,34H,6-10,17-18,21-22H2,1-5H3/q+1. The third kappa shape index (κ3) is 5.36. The number of anilines is 2. The number of hydrogen-bond acceptors (Lipinski definition) is 2. The van der Waals surface area contributed by atoms with E-state index in [2.05, 4.69) is 110 Å². The molecule has 0 unspecified atom stereocenters. The van der Waals surface area contributed by atoms with E-state index < -0.39 is 0 Å². The molecular formula is C33H44N3+. The summed E-state index contributed by atoms with van der Waals surface area (Å²) in [5.41, 5.74) is 9.91. The summed E-state index contributed by atoms with van der Waals surface area (Å²) in [4.78, 5) is 2.42. The van der Waals surface area contributed by atoms with Gasteiger partial charge in [-0.05, 0) is 87.7 Å². The Balaban J connectivity index is 1.86. The summed E-state index contributed by atoms with van der Waals surface area (Å²) in [6, 6.07) is 22.9. The second kappa shape index (κ2) is 12.3. The maximum Gasteiger partial charge on any atom is 0.152 e. The molecule has 3 aromatic rings. The van der Waals surface area contributed by atoms with Crippen molar-refractivity contribution >= 4 is 33.4 Å². The van der Waals surface area contributed by atoms with Crippen LogP contribution in [0.1, 0.15) is 71.4 Å². The van der Waals surface area contributed by atoms with Crippen molar-refractivity contribution in [3.8, 4) is 0 Å². The van der Waals surface area contributed by atoms with Gasteiger partial charge in [0.2, 0.25) is 0 Å². The lowest BCUT2D eigenvalue weighted by molar-refractivity contribution is -0.523. The highest BCUT2D eigenvalue weighted by molar-refractivity contribution is 6.04. The summed E-state index contributed by atoms with van der Waals surface area (Å²) in [6.45, 7) is 16.4. The SMILES string of the molecule is CCNc1ccc(C(=C2CCC(=[N+](CC)CC)CC2)c2ccc(N(CC)CC)cc2)c2ccccc12. The zero-order chi connectivity index (χ0) is 25.5. The molecule has 1 fully saturated rings. The largest absolute Gasteiger partial charge is 0.385 e. The van der Waals surface area contributed by atoms with Gasteiger partial charge in [0.1, 0.15) is 13.1 Å². The molecule has 36 heavy (non-hydrogen) atoms. The first-order valence-electron chi connectivity index (χ1n) is 14.1. The van der Waals surface area contributed by atoms with Crippen molar-refractivity contribution in [1.29, 1.82) is 0 Å². The number of nitrogens with one attached hydrogen (secondary N) is 1. The summed E-state index contributed by atoms with van der Waals surface area (Å²) in [7, 11) is 0. The molecule has 0 radical (unpaired) electrons. The minimum Gasteiger partial charge on any atom is -0.385 e. The molecule has 3 nitrogen and oxygen atoms in total. The van der Waals surface area contributed by atoms with Crippen LogP contribution in [-0.2, 0) is 0 Å². The Hall–Kier alpha value is -3.07. The molecule has 1 aliphatic rings. The summed E-state index contributed by atoms with van der Waals surface area (Å²) in [5.74, 6) is 0. The minimum absolute atomic E-state index is 0.925. The van der Waals surface area contributed by atoms with Crippen LogP contribution >= 0.6 is 0 Å². The molecule has 4 rings (SSSR count). The first-order valence-corrected chi connectivity index (χ1v) is 14.1. The fourth-order valence-corrected chi connectivity index (χ4v) is 5.92. The van der Waals surface area contributed by atoms with Gasteiger partial charge < -0.3 is 10.2 Å². The smallest absolute Gasteiger partial charge is 0.152 e. The molecule has 1 saturated carbocycles. The van der Waals surface area contributed by atoms with Crippen LogP contribution in [0.15, 0.2) is 66.2 Å². The zero-order valence-corrected chi connectivity index (χ0v) is 23.0. The van der Waals surface area contributed by atoms with Gasteiger partial charge in [0.05, 0.1) is 0 Å².